The van der Waals surface area contributed by atoms with Gasteiger partial charge in [-0.15, -0.1) is 0 Å². The van der Waals surface area contributed by atoms with Crippen molar-refractivity contribution in [3.8, 4) is 5.88 Å². The molecule has 0 fully saturated rings. The standard InChI is InChI=1S/C12H12BrN3O/c1-17-12-11(3-2-6-14-12)16-8-10-5-4-9(13)7-15-10/h2-7,16H,8H2,1H3. The molecule has 0 aliphatic heterocycles. The maximum Gasteiger partial charge on any atom is 0.237 e. The van der Waals surface area contributed by atoms with Crippen molar-refractivity contribution in [2.75, 3.05) is 12.4 Å². The molecular formula is C12H12BrN3O. The maximum absolute atomic E-state index is 5.15. The van der Waals surface area contributed by atoms with Crippen LogP contribution in [-0.2, 0) is 6.54 Å². The fraction of sp³-hybridized carbons (Fsp3) is 0.167. The third-order valence-corrected chi connectivity index (χ3v) is 2.68. The monoisotopic (exact) mass is 293 g/mol. The van der Waals surface area contributed by atoms with Crippen molar-refractivity contribution in [3.05, 3.63) is 46.8 Å². The Kier molecular flexibility index (Phi) is 3.93. The topological polar surface area (TPSA) is 47.0 Å². The van der Waals surface area contributed by atoms with E-state index < -0.39 is 0 Å². The predicted molar refractivity (Wildman–Crippen MR) is 70.1 cm³/mol. The molecule has 0 bridgehead atoms. The first-order chi connectivity index (χ1) is 8.29. The molecule has 0 spiro atoms. The van der Waals surface area contributed by atoms with E-state index in [9.17, 15) is 0 Å². The second kappa shape index (κ2) is 5.63. The van der Waals surface area contributed by atoms with Gasteiger partial charge in [0.1, 0.15) is 0 Å². The van der Waals surface area contributed by atoms with E-state index in [1.807, 2.05) is 24.3 Å². The van der Waals surface area contributed by atoms with E-state index in [1.165, 1.54) is 0 Å². The molecule has 4 nitrogen and oxygen atoms in total. The number of pyridine rings is 2. The highest BCUT2D eigenvalue weighted by atomic mass is 79.9. The zero-order chi connectivity index (χ0) is 12.1. The van der Waals surface area contributed by atoms with Gasteiger partial charge in [0.2, 0.25) is 5.88 Å². The summed E-state index contributed by atoms with van der Waals surface area (Å²) >= 11 is 3.35. The Morgan fingerprint density at radius 3 is 2.88 bits per heavy atom. The number of methoxy groups -OCH3 is 1. The molecule has 0 aliphatic rings. The van der Waals surface area contributed by atoms with Gasteiger partial charge >= 0.3 is 0 Å². The lowest BCUT2D eigenvalue weighted by atomic mass is 10.3. The van der Waals surface area contributed by atoms with Crippen molar-refractivity contribution < 1.29 is 4.74 Å². The highest BCUT2D eigenvalue weighted by Gasteiger charge is 2.02. The summed E-state index contributed by atoms with van der Waals surface area (Å²) in [5, 5.41) is 3.23. The number of aromatic nitrogens is 2. The Bertz CT molecular complexity index is 487. The summed E-state index contributed by atoms with van der Waals surface area (Å²) in [6, 6.07) is 7.70. The molecule has 0 saturated carbocycles. The Morgan fingerprint density at radius 1 is 1.29 bits per heavy atom. The van der Waals surface area contributed by atoms with Crippen LogP contribution in [0, 0.1) is 0 Å². The van der Waals surface area contributed by atoms with Crippen molar-refractivity contribution >= 4 is 21.6 Å². The van der Waals surface area contributed by atoms with Gasteiger partial charge in [-0.3, -0.25) is 4.98 Å². The van der Waals surface area contributed by atoms with Crippen LogP contribution in [0.15, 0.2) is 41.1 Å². The summed E-state index contributed by atoms with van der Waals surface area (Å²) in [5.41, 5.74) is 1.82. The van der Waals surface area contributed by atoms with E-state index in [0.717, 1.165) is 15.9 Å². The highest BCUT2D eigenvalue weighted by molar-refractivity contribution is 9.10. The van der Waals surface area contributed by atoms with E-state index >= 15 is 0 Å². The highest BCUT2D eigenvalue weighted by Crippen LogP contribution is 2.20. The SMILES string of the molecule is COc1ncccc1NCc1ccc(Br)cn1. The minimum Gasteiger partial charge on any atom is -0.480 e. The molecule has 2 aromatic heterocycles. The summed E-state index contributed by atoms with van der Waals surface area (Å²) in [5.74, 6) is 0.588. The van der Waals surface area contributed by atoms with Gasteiger partial charge in [0.25, 0.3) is 0 Å². The van der Waals surface area contributed by atoms with Gasteiger partial charge in [0, 0.05) is 16.9 Å². The molecule has 0 unspecified atom stereocenters. The summed E-state index contributed by atoms with van der Waals surface area (Å²) in [4.78, 5) is 8.39. The zero-order valence-electron chi connectivity index (χ0n) is 9.35. The number of rotatable bonds is 4. The van der Waals surface area contributed by atoms with Crippen LogP contribution in [-0.4, -0.2) is 17.1 Å². The summed E-state index contributed by atoms with van der Waals surface area (Å²) < 4.78 is 6.12. The molecule has 1 N–H and O–H groups in total. The first-order valence-corrected chi connectivity index (χ1v) is 5.92. The van der Waals surface area contributed by atoms with Crippen LogP contribution in [0.5, 0.6) is 5.88 Å². The van der Waals surface area contributed by atoms with Gasteiger partial charge in [-0.25, -0.2) is 4.98 Å². The molecule has 5 heteroatoms. The Morgan fingerprint density at radius 2 is 2.18 bits per heavy atom. The van der Waals surface area contributed by atoms with Crippen LogP contribution in [0.1, 0.15) is 5.69 Å². The van der Waals surface area contributed by atoms with Crippen LogP contribution in [0.2, 0.25) is 0 Å². The minimum absolute atomic E-state index is 0.588. The number of anilines is 1. The molecule has 2 rings (SSSR count). The number of nitrogens with one attached hydrogen (secondary N) is 1. The molecule has 0 saturated heterocycles. The Hall–Kier alpha value is -1.62. The molecule has 0 radical (unpaired) electrons. The first kappa shape index (κ1) is 11.9. The van der Waals surface area contributed by atoms with E-state index in [0.29, 0.717) is 12.4 Å². The molecule has 0 atom stereocenters. The van der Waals surface area contributed by atoms with Gasteiger partial charge in [0.15, 0.2) is 0 Å². The van der Waals surface area contributed by atoms with Crippen molar-refractivity contribution in [2.45, 2.75) is 6.54 Å². The normalized spacial score (nSPS) is 10.0. The van der Waals surface area contributed by atoms with Gasteiger partial charge < -0.3 is 10.1 Å². The van der Waals surface area contributed by atoms with Crippen LogP contribution in [0.3, 0.4) is 0 Å². The summed E-state index contributed by atoms with van der Waals surface area (Å²) in [6.45, 7) is 0.634. The van der Waals surface area contributed by atoms with Gasteiger partial charge in [-0.1, -0.05) is 0 Å². The lowest BCUT2D eigenvalue weighted by Gasteiger charge is -2.09. The largest absolute Gasteiger partial charge is 0.480 e. The third-order valence-electron chi connectivity index (χ3n) is 2.21. The van der Waals surface area contributed by atoms with Gasteiger partial charge in [-0.05, 0) is 40.2 Å². The minimum atomic E-state index is 0.588. The number of hydrogen-bond acceptors (Lipinski definition) is 4. The van der Waals surface area contributed by atoms with E-state index in [2.05, 4.69) is 31.2 Å². The Labute approximate surface area is 108 Å². The van der Waals surface area contributed by atoms with Crippen molar-refractivity contribution in [3.63, 3.8) is 0 Å². The molecule has 17 heavy (non-hydrogen) atoms. The average Bonchev–Trinajstić information content (AvgIpc) is 2.38. The zero-order valence-corrected chi connectivity index (χ0v) is 10.9. The predicted octanol–water partition coefficient (Wildman–Crippen LogP) is 2.86. The van der Waals surface area contributed by atoms with E-state index in [-0.39, 0.29) is 0 Å². The number of halogens is 1. The van der Waals surface area contributed by atoms with Gasteiger partial charge in [0.05, 0.1) is 25.0 Å². The molecule has 0 aliphatic carbocycles. The molecule has 0 aromatic carbocycles. The Balaban J connectivity index is 2.04. The van der Waals surface area contributed by atoms with Crippen LogP contribution in [0.4, 0.5) is 5.69 Å². The fourth-order valence-electron chi connectivity index (χ4n) is 1.38. The second-order valence-electron chi connectivity index (χ2n) is 3.38. The molecular weight excluding hydrogens is 282 g/mol. The first-order valence-electron chi connectivity index (χ1n) is 5.13. The molecule has 2 aromatic rings. The van der Waals surface area contributed by atoms with Crippen LogP contribution >= 0.6 is 15.9 Å². The van der Waals surface area contributed by atoms with Crippen molar-refractivity contribution in [1.29, 1.82) is 0 Å². The molecule has 88 valence electrons. The number of ether oxygens (including phenoxy) is 1. The lowest BCUT2D eigenvalue weighted by molar-refractivity contribution is 0.399. The number of hydrogen-bond donors (Lipinski definition) is 1. The number of nitrogens with zero attached hydrogens (tertiary/aromatic N) is 2. The average molecular weight is 294 g/mol. The van der Waals surface area contributed by atoms with E-state index in [4.69, 9.17) is 4.74 Å². The summed E-state index contributed by atoms with van der Waals surface area (Å²) in [7, 11) is 1.60. The van der Waals surface area contributed by atoms with Crippen molar-refractivity contribution in [2.24, 2.45) is 0 Å². The van der Waals surface area contributed by atoms with Crippen molar-refractivity contribution in [1.82, 2.24) is 9.97 Å². The second-order valence-corrected chi connectivity index (χ2v) is 4.30. The van der Waals surface area contributed by atoms with E-state index in [1.54, 1.807) is 19.5 Å². The lowest BCUT2D eigenvalue weighted by Crippen LogP contribution is -2.03. The summed E-state index contributed by atoms with van der Waals surface area (Å²) in [6.07, 6.45) is 3.47. The third kappa shape index (κ3) is 3.17. The maximum atomic E-state index is 5.15. The molecule has 2 heterocycles. The van der Waals surface area contributed by atoms with Crippen LogP contribution in [0.25, 0.3) is 0 Å². The van der Waals surface area contributed by atoms with Crippen LogP contribution < -0.4 is 10.1 Å². The fourth-order valence-corrected chi connectivity index (χ4v) is 1.62. The molecule has 0 amide bonds. The quantitative estimate of drug-likeness (QED) is 0.942. The smallest absolute Gasteiger partial charge is 0.237 e. The van der Waals surface area contributed by atoms with Gasteiger partial charge in [-0.2, -0.15) is 0 Å².